The quantitative estimate of drug-likeness (QED) is 0.162. The molecule has 0 fully saturated rings. The van der Waals surface area contributed by atoms with Gasteiger partial charge in [0.2, 0.25) is 0 Å². The maximum absolute atomic E-state index is 5.51. The van der Waals surface area contributed by atoms with Crippen LogP contribution in [0.2, 0.25) is 0 Å². The van der Waals surface area contributed by atoms with Crippen LogP contribution >= 0.6 is 0 Å². The van der Waals surface area contributed by atoms with Gasteiger partial charge in [-0.05, 0) is 101 Å². The maximum atomic E-state index is 5.51. The van der Waals surface area contributed by atoms with E-state index in [0.717, 1.165) is 94.2 Å². The predicted molar refractivity (Wildman–Crippen MR) is 231 cm³/mol. The number of rotatable bonds is 5. The van der Waals surface area contributed by atoms with E-state index in [0.29, 0.717) is 0 Å². The minimum atomic E-state index is 0. The van der Waals surface area contributed by atoms with Gasteiger partial charge in [0.25, 0.3) is 0 Å². The molecule has 0 aliphatic carbocycles. The molecule has 0 spiro atoms. The van der Waals surface area contributed by atoms with E-state index in [4.69, 9.17) is 15.0 Å². The number of para-hydroxylation sites is 5. The van der Waals surface area contributed by atoms with Gasteiger partial charge in [-0.1, -0.05) is 120 Å². The van der Waals surface area contributed by atoms with Crippen LogP contribution in [0.15, 0.2) is 158 Å². The van der Waals surface area contributed by atoms with E-state index in [9.17, 15) is 0 Å². The van der Waals surface area contributed by atoms with Crippen molar-refractivity contribution in [3.05, 3.63) is 181 Å². The number of aryl methyl sites for hydroxylation is 3. The van der Waals surface area contributed by atoms with E-state index in [1.807, 2.05) is 12.3 Å². The maximum Gasteiger partial charge on any atom is 2.00 e. The molecule has 7 aromatic carbocycles. The zero-order chi connectivity index (χ0) is 37.5. The molecule has 6 heteroatoms. The number of fused-ring (bicyclic) bond motifs is 7. The first-order valence-electron chi connectivity index (χ1n) is 19.0. The first kappa shape index (κ1) is 34.9. The Bertz CT molecular complexity index is 3330. The second-order valence-electron chi connectivity index (χ2n) is 14.8. The van der Waals surface area contributed by atoms with Crippen molar-refractivity contribution in [1.82, 2.24) is 24.1 Å². The summed E-state index contributed by atoms with van der Waals surface area (Å²) in [4.78, 5) is 15.6. The van der Waals surface area contributed by atoms with Crippen LogP contribution in [0.25, 0.3) is 99.8 Å². The molecule has 0 unspecified atom stereocenters. The van der Waals surface area contributed by atoms with Gasteiger partial charge in [-0.15, -0.1) is 34.8 Å². The third kappa shape index (κ3) is 5.49. The van der Waals surface area contributed by atoms with Crippen molar-refractivity contribution >= 4 is 54.6 Å². The summed E-state index contributed by atoms with van der Waals surface area (Å²) in [5.74, 6) is 1.71. The molecule has 0 amide bonds. The molecule has 0 aliphatic rings. The van der Waals surface area contributed by atoms with Crippen LogP contribution in [-0.4, -0.2) is 19.1 Å². The summed E-state index contributed by atoms with van der Waals surface area (Å²) in [5, 5.41) is 4.57. The molecule has 5 nitrogen and oxygen atoms in total. The van der Waals surface area contributed by atoms with Crippen LogP contribution in [0.5, 0.6) is 0 Å². The van der Waals surface area contributed by atoms with E-state index < -0.39 is 0 Å². The molecule has 0 N–H and O–H groups in total. The second-order valence-corrected chi connectivity index (χ2v) is 14.8. The molecule has 0 radical (unpaired) electrons. The number of benzene rings is 7. The predicted octanol–water partition coefficient (Wildman–Crippen LogP) is 12.5. The fourth-order valence-electron chi connectivity index (χ4n) is 8.94. The van der Waals surface area contributed by atoms with Gasteiger partial charge in [0.1, 0.15) is 11.6 Å². The number of imidazole rings is 1. The molecular formula is C51H35N5Pt. The summed E-state index contributed by atoms with van der Waals surface area (Å²) < 4.78 is 4.53. The van der Waals surface area contributed by atoms with Gasteiger partial charge in [0.15, 0.2) is 0 Å². The van der Waals surface area contributed by atoms with Gasteiger partial charge in [-0.3, -0.25) is 4.57 Å². The summed E-state index contributed by atoms with van der Waals surface area (Å²) in [5.41, 5.74) is 16.1. The molecule has 4 heterocycles. The van der Waals surface area contributed by atoms with Crippen LogP contribution in [0.4, 0.5) is 0 Å². The Morgan fingerprint density at radius 3 is 2.12 bits per heavy atom. The summed E-state index contributed by atoms with van der Waals surface area (Å²) >= 11 is 0. The Hall–Kier alpha value is -6.55. The number of nitrogens with zero attached hydrogens (tertiary/aromatic N) is 5. The summed E-state index contributed by atoms with van der Waals surface area (Å²) in [6, 6.07) is 57.5. The third-order valence-corrected chi connectivity index (χ3v) is 11.2. The zero-order valence-corrected chi connectivity index (χ0v) is 33.8. The van der Waals surface area contributed by atoms with E-state index in [2.05, 4.69) is 182 Å². The monoisotopic (exact) mass is 912 g/mol. The van der Waals surface area contributed by atoms with Crippen LogP contribution < -0.4 is 4.98 Å². The summed E-state index contributed by atoms with van der Waals surface area (Å²) in [6.45, 7) is 6.54. The van der Waals surface area contributed by atoms with Crippen LogP contribution in [-0.2, 0) is 21.1 Å². The number of hydrogen-bond acceptors (Lipinski definition) is 2. The minimum absolute atomic E-state index is 0. The van der Waals surface area contributed by atoms with E-state index in [1.54, 1.807) is 0 Å². The van der Waals surface area contributed by atoms with E-state index in [-0.39, 0.29) is 21.1 Å². The van der Waals surface area contributed by atoms with Crippen molar-refractivity contribution in [3.63, 3.8) is 0 Å². The fourth-order valence-corrected chi connectivity index (χ4v) is 8.94. The standard InChI is InChI=1S/C51H35N5.Pt/c1-31-27-32(2)48(33(3)28-31)35-25-26-52-47(30-35)56-44-21-10-8-16-39(44)40-24-23-34(29-46(40)56)37-17-12-22-45-50(37)54-51(55(45)36-13-5-4-6-14-36)42-19-11-18-41-38-15-7-9-20-43(38)53-49(41)42;/h4-28,30H,1-3H3;/q-2;+2. The smallest absolute Gasteiger partial charge is 0.656 e. The average Bonchev–Trinajstić information content (AvgIpc) is 3.90. The van der Waals surface area contributed by atoms with Gasteiger partial charge in [-0.25, -0.2) is 9.97 Å². The average molecular weight is 913 g/mol. The Morgan fingerprint density at radius 2 is 1.28 bits per heavy atom. The third-order valence-electron chi connectivity index (χ3n) is 11.2. The Kier molecular flexibility index (Phi) is 8.32. The summed E-state index contributed by atoms with van der Waals surface area (Å²) in [6.07, 6.45) is 1.93. The Morgan fingerprint density at radius 1 is 0.579 bits per heavy atom. The first-order chi connectivity index (χ1) is 27.5. The molecule has 11 rings (SSSR count). The van der Waals surface area contributed by atoms with Crippen molar-refractivity contribution in [2.75, 3.05) is 0 Å². The molecule has 0 bridgehead atoms. The normalized spacial score (nSPS) is 11.6. The van der Waals surface area contributed by atoms with E-state index >= 15 is 0 Å². The van der Waals surface area contributed by atoms with Crippen molar-refractivity contribution in [3.8, 4) is 45.1 Å². The minimum Gasteiger partial charge on any atom is -0.656 e. The molecular weight excluding hydrogens is 878 g/mol. The molecule has 274 valence electrons. The Balaban J connectivity index is 0.00000396. The SMILES string of the molecule is Cc1cc(C)c(-c2ccnc(-n3c4[c-]c(-c5cccc6c5nc(-c5cccc7c5[n-]c5ccccc57)n6-c5ccccc5)ccc4c4ccccc43)c2)c(C)c1.[Pt+2]. The van der Waals surface area contributed by atoms with Crippen LogP contribution in [0.3, 0.4) is 0 Å². The van der Waals surface area contributed by atoms with Crippen molar-refractivity contribution in [2.24, 2.45) is 0 Å². The number of aromatic nitrogens is 5. The van der Waals surface area contributed by atoms with Crippen molar-refractivity contribution < 1.29 is 21.1 Å². The van der Waals surface area contributed by atoms with Crippen LogP contribution in [0.1, 0.15) is 16.7 Å². The van der Waals surface area contributed by atoms with Gasteiger partial charge in [0, 0.05) is 23.0 Å². The molecule has 0 saturated carbocycles. The van der Waals surface area contributed by atoms with Crippen molar-refractivity contribution in [1.29, 1.82) is 0 Å². The summed E-state index contributed by atoms with van der Waals surface area (Å²) in [7, 11) is 0. The Labute approximate surface area is 344 Å². The van der Waals surface area contributed by atoms with Gasteiger partial charge >= 0.3 is 21.1 Å². The molecule has 0 saturated heterocycles. The van der Waals surface area contributed by atoms with Gasteiger partial charge < -0.3 is 9.55 Å². The molecule has 57 heavy (non-hydrogen) atoms. The molecule has 4 aromatic heterocycles. The van der Waals surface area contributed by atoms with Gasteiger partial charge in [-0.2, -0.15) is 0 Å². The molecule has 0 atom stereocenters. The second kappa shape index (κ2) is 13.6. The van der Waals surface area contributed by atoms with E-state index in [1.165, 1.54) is 22.3 Å². The number of hydrogen-bond donors (Lipinski definition) is 0. The van der Waals surface area contributed by atoms with Crippen LogP contribution in [0, 0.1) is 26.8 Å². The zero-order valence-electron chi connectivity index (χ0n) is 31.6. The van der Waals surface area contributed by atoms with Gasteiger partial charge in [0.05, 0.1) is 11.0 Å². The molecule has 0 aliphatic heterocycles. The van der Waals surface area contributed by atoms with Crippen molar-refractivity contribution in [2.45, 2.75) is 20.8 Å². The topological polar surface area (TPSA) is 49.7 Å². The molecule has 11 aromatic rings. The fraction of sp³-hybridized carbons (Fsp3) is 0.0588. The first-order valence-corrected chi connectivity index (χ1v) is 19.0. The number of pyridine rings is 1. The largest absolute Gasteiger partial charge is 2.00 e.